The average Bonchev–Trinajstić information content (AvgIpc) is 2.82. The zero-order valence-electron chi connectivity index (χ0n) is 10.9. The number of aromatic nitrogens is 2. The molecule has 1 aromatic heterocycles. The number of anilines is 1. The number of benzene rings is 1. The summed E-state index contributed by atoms with van der Waals surface area (Å²) in [5.41, 5.74) is 3.61. The van der Waals surface area contributed by atoms with Crippen LogP contribution in [0.5, 0.6) is 0 Å². The summed E-state index contributed by atoms with van der Waals surface area (Å²) in [6.07, 6.45) is 1.80. The normalized spacial score (nSPS) is 10.4. The Balaban J connectivity index is 2.13. The van der Waals surface area contributed by atoms with E-state index in [1.807, 2.05) is 39.0 Å². The first kappa shape index (κ1) is 12.4. The van der Waals surface area contributed by atoms with Gasteiger partial charge in [0, 0.05) is 18.4 Å². The third-order valence-electron chi connectivity index (χ3n) is 2.96. The summed E-state index contributed by atoms with van der Waals surface area (Å²) in [6.45, 7) is 6.82. The SMILES string of the molecule is CCn1ccc(C(=O)Nc2ccc(C)c(C)c2)n1. The van der Waals surface area contributed by atoms with Crippen molar-refractivity contribution in [1.82, 2.24) is 9.78 Å². The van der Waals surface area contributed by atoms with Crippen LogP contribution >= 0.6 is 0 Å². The van der Waals surface area contributed by atoms with Crippen molar-refractivity contribution in [2.24, 2.45) is 0 Å². The van der Waals surface area contributed by atoms with E-state index in [1.165, 1.54) is 5.56 Å². The number of nitrogens with zero attached hydrogens (tertiary/aromatic N) is 2. The molecular formula is C14H17N3O. The molecule has 18 heavy (non-hydrogen) atoms. The maximum atomic E-state index is 12.0. The Labute approximate surface area is 107 Å². The lowest BCUT2D eigenvalue weighted by Crippen LogP contribution is -2.13. The molecule has 0 aliphatic heterocycles. The van der Waals surface area contributed by atoms with E-state index < -0.39 is 0 Å². The monoisotopic (exact) mass is 243 g/mol. The van der Waals surface area contributed by atoms with Gasteiger partial charge in [0.05, 0.1) is 0 Å². The molecule has 0 atom stereocenters. The molecule has 0 aliphatic rings. The Kier molecular flexibility index (Phi) is 3.46. The lowest BCUT2D eigenvalue weighted by molar-refractivity contribution is 0.102. The third kappa shape index (κ3) is 2.59. The molecule has 4 heteroatoms. The Morgan fingerprint density at radius 1 is 1.28 bits per heavy atom. The molecule has 1 amide bonds. The van der Waals surface area contributed by atoms with Crippen LogP contribution in [0.15, 0.2) is 30.5 Å². The van der Waals surface area contributed by atoms with Gasteiger partial charge in [-0.1, -0.05) is 6.07 Å². The molecule has 94 valence electrons. The summed E-state index contributed by atoms with van der Waals surface area (Å²) in [6, 6.07) is 7.58. The number of nitrogens with one attached hydrogen (secondary N) is 1. The smallest absolute Gasteiger partial charge is 0.276 e. The maximum absolute atomic E-state index is 12.0. The first-order valence-corrected chi connectivity index (χ1v) is 6.02. The zero-order chi connectivity index (χ0) is 13.1. The van der Waals surface area contributed by atoms with Gasteiger partial charge in [-0.3, -0.25) is 9.48 Å². The molecule has 0 spiro atoms. The standard InChI is InChI=1S/C14H17N3O/c1-4-17-8-7-13(16-17)14(18)15-12-6-5-10(2)11(3)9-12/h5-9H,4H2,1-3H3,(H,15,18). The van der Waals surface area contributed by atoms with E-state index in [9.17, 15) is 4.79 Å². The van der Waals surface area contributed by atoms with Gasteiger partial charge in [0.1, 0.15) is 0 Å². The minimum Gasteiger partial charge on any atom is -0.321 e. The number of carbonyl (C=O) groups is 1. The molecule has 1 aromatic carbocycles. The number of carbonyl (C=O) groups excluding carboxylic acids is 1. The van der Waals surface area contributed by atoms with Crippen LogP contribution in [-0.4, -0.2) is 15.7 Å². The van der Waals surface area contributed by atoms with Crippen molar-refractivity contribution in [1.29, 1.82) is 0 Å². The summed E-state index contributed by atoms with van der Waals surface area (Å²) in [7, 11) is 0. The van der Waals surface area contributed by atoms with Crippen LogP contribution in [0.3, 0.4) is 0 Å². The van der Waals surface area contributed by atoms with Crippen molar-refractivity contribution >= 4 is 11.6 Å². The molecule has 0 fully saturated rings. The molecule has 4 nitrogen and oxygen atoms in total. The molecule has 2 aromatic rings. The summed E-state index contributed by atoms with van der Waals surface area (Å²) < 4.78 is 1.73. The van der Waals surface area contributed by atoms with E-state index in [0.29, 0.717) is 5.69 Å². The predicted octanol–water partition coefficient (Wildman–Crippen LogP) is 2.77. The van der Waals surface area contributed by atoms with Crippen molar-refractivity contribution in [3.05, 3.63) is 47.3 Å². The minimum atomic E-state index is -0.176. The molecule has 0 bridgehead atoms. The third-order valence-corrected chi connectivity index (χ3v) is 2.96. The number of aryl methyl sites for hydroxylation is 3. The summed E-state index contributed by atoms with van der Waals surface area (Å²) in [5, 5.41) is 7.02. The van der Waals surface area contributed by atoms with Crippen LogP contribution in [0.25, 0.3) is 0 Å². The zero-order valence-corrected chi connectivity index (χ0v) is 10.9. The van der Waals surface area contributed by atoms with Gasteiger partial charge in [0.2, 0.25) is 0 Å². The van der Waals surface area contributed by atoms with Crippen molar-refractivity contribution in [3.63, 3.8) is 0 Å². The van der Waals surface area contributed by atoms with Crippen LogP contribution in [-0.2, 0) is 6.54 Å². The minimum absolute atomic E-state index is 0.176. The van der Waals surface area contributed by atoms with Gasteiger partial charge in [-0.15, -0.1) is 0 Å². The van der Waals surface area contributed by atoms with Crippen molar-refractivity contribution in [3.8, 4) is 0 Å². The van der Waals surface area contributed by atoms with E-state index >= 15 is 0 Å². The number of hydrogen-bond acceptors (Lipinski definition) is 2. The molecule has 1 heterocycles. The largest absolute Gasteiger partial charge is 0.321 e. The Morgan fingerprint density at radius 2 is 2.06 bits per heavy atom. The van der Waals surface area contributed by atoms with Crippen LogP contribution < -0.4 is 5.32 Å². The van der Waals surface area contributed by atoms with Gasteiger partial charge in [-0.2, -0.15) is 5.10 Å². The number of hydrogen-bond donors (Lipinski definition) is 1. The number of rotatable bonds is 3. The second-order valence-corrected chi connectivity index (χ2v) is 4.31. The van der Waals surface area contributed by atoms with Gasteiger partial charge in [0.15, 0.2) is 5.69 Å². The van der Waals surface area contributed by atoms with Crippen LogP contribution in [0.4, 0.5) is 5.69 Å². The first-order valence-electron chi connectivity index (χ1n) is 6.02. The van der Waals surface area contributed by atoms with E-state index in [2.05, 4.69) is 10.4 Å². The fourth-order valence-electron chi connectivity index (χ4n) is 1.67. The predicted molar refractivity (Wildman–Crippen MR) is 71.8 cm³/mol. The van der Waals surface area contributed by atoms with Gasteiger partial charge < -0.3 is 5.32 Å². The maximum Gasteiger partial charge on any atom is 0.276 e. The van der Waals surface area contributed by atoms with Gasteiger partial charge in [-0.05, 0) is 50.1 Å². The average molecular weight is 243 g/mol. The van der Waals surface area contributed by atoms with E-state index in [0.717, 1.165) is 17.8 Å². The lowest BCUT2D eigenvalue weighted by atomic mass is 10.1. The molecular weight excluding hydrogens is 226 g/mol. The fourth-order valence-corrected chi connectivity index (χ4v) is 1.67. The van der Waals surface area contributed by atoms with Gasteiger partial charge in [-0.25, -0.2) is 0 Å². The topological polar surface area (TPSA) is 46.9 Å². The second-order valence-electron chi connectivity index (χ2n) is 4.31. The molecule has 0 saturated carbocycles. The Morgan fingerprint density at radius 3 is 2.67 bits per heavy atom. The van der Waals surface area contributed by atoms with E-state index in [-0.39, 0.29) is 5.91 Å². The molecule has 0 radical (unpaired) electrons. The highest BCUT2D eigenvalue weighted by Crippen LogP contribution is 2.14. The van der Waals surface area contributed by atoms with Gasteiger partial charge >= 0.3 is 0 Å². The van der Waals surface area contributed by atoms with Crippen molar-refractivity contribution < 1.29 is 4.79 Å². The van der Waals surface area contributed by atoms with Crippen LogP contribution in [0, 0.1) is 13.8 Å². The first-order chi connectivity index (χ1) is 8.60. The second kappa shape index (κ2) is 5.04. The highest BCUT2D eigenvalue weighted by Gasteiger charge is 2.09. The summed E-state index contributed by atoms with van der Waals surface area (Å²) in [4.78, 5) is 12.0. The molecule has 0 saturated heterocycles. The Hall–Kier alpha value is -2.10. The summed E-state index contributed by atoms with van der Waals surface area (Å²) in [5.74, 6) is -0.176. The van der Waals surface area contributed by atoms with Crippen molar-refractivity contribution in [2.75, 3.05) is 5.32 Å². The number of amides is 1. The Bertz CT molecular complexity index is 572. The van der Waals surface area contributed by atoms with Crippen LogP contribution in [0.1, 0.15) is 28.5 Å². The molecule has 1 N–H and O–H groups in total. The highest BCUT2D eigenvalue weighted by molar-refractivity contribution is 6.02. The van der Waals surface area contributed by atoms with Gasteiger partial charge in [0.25, 0.3) is 5.91 Å². The molecule has 0 unspecified atom stereocenters. The fraction of sp³-hybridized carbons (Fsp3) is 0.286. The summed E-state index contributed by atoms with van der Waals surface area (Å²) >= 11 is 0. The van der Waals surface area contributed by atoms with Crippen molar-refractivity contribution in [2.45, 2.75) is 27.3 Å². The van der Waals surface area contributed by atoms with Crippen LogP contribution in [0.2, 0.25) is 0 Å². The lowest BCUT2D eigenvalue weighted by Gasteiger charge is -2.06. The highest BCUT2D eigenvalue weighted by atomic mass is 16.1. The van der Waals surface area contributed by atoms with E-state index in [4.69, 9.17) is 0 Å². The quantitative estimate of drug-likeness (QED) is 0.901. The molecule has 2 rings (SSSR count). The molecule has 0 aliphatic carbocycles. The van der Waals surface area contributed by atoms with E-state index in [1.54, 1.807) is 16.9 Å².